The summed E-state index contributed by atoms with van der Waals surface area (Å²) in [6, 6.07) is 15.6. The van der Waals surface area contributed by atoms with E-state index in [4.69, 9.17) is 16.3 Å². The molecule has 0 radical (unpaired) electrons. The molecule has 0 aromatic heterocycles. The van der Waals surface area contributed by atoms with Crippen molar-refractivity contribution in [3.05, 3.63) is 93.0 Å². The molecular formula is C31H35ClN4O7S. The summed E-state index contributed by atoms with van der Waals surface area (Å²) < 4.78 is 34.2. The molecule has 3 aromatic rings. The van der Waals surface area contributed by atoms with E-state index in [1.54, 1.807) is 43.3 Å². The van der Waals surface area contributed by atoms with E-state index in [1.807, 2.05) is 0 Å². The molecule has 0 unspecified atom stereocenters. The summed E-state index contributed by atoms with van der Waals surface area (Å²) in [4.78, 5) is 39.4. The number of anilines is 1. The molecular weight excluding hydrogens is 608 g/mol. The van der Waals surface area contributed by atoms with Gasteiger partial charge >= 0.3 is 0 Å². The van der Waals surface area contributed by atoms with Gasteiger partial charge in [-0.15, -0.1) is 0 Å². The molecule has 0 heterocycles. The first-order valence-electron chi connectivity index (χ1n) is 14.2. The number of carbonyl (C=O) groups is 2. The zero-order chi connectivity index (χ0) is 32.0. The van der Waals surface area contributed by atoms with E-state index >= 15 is 0 Å². The van der Waals surface area contributed by atoms with Crippen LogP contribution in [-0.2, 0) is 26.2 Å². The molecule has 0 saturated heterocycles. The highest BCUT2D eigenvalue weighted by atomic mass is 35.5. The van der Waals surface area contributed by atoms with Gasteiger partial charge in [0.15, 0.2) is 0 Å². The number of hydrogen-bond donors (Lipinski definition) is 1. The Kier molecular flexibility index (Phi) is 10.5. The van der Waals surface area contributed by atoms with Crippen molar-refractivity contribution in [1.29, 1.82) is 0 Å². The third-order valence-electron chi connectivity index (χ3n) is 7.77. The van der Waals surface area contributed by atoms with Gasteiger partial charge in [-0.1, -0.05) is 48.7 Å². The molecule has 1 aliphatic carbocycles. The Labute approximate surface area is 262 Å². The van der Waals surface area contributed by atoms with E-state index in [1.165, 1.54) is 43.2 Å². The Morgan fingerprint density at radius 3 is 2.36 bits per heavy atom. The maximum absolute atomic E-state index is 14.1. The fourth-order valence-corrected chi connectivity index (χ4v) is 6.77. The van der Waals surface area contributed by atoms with Gasteiger partial charge in [0, 0.05) is 29.2 Å². The van der Waals surface area contributed by atoms with Crippen LogP contribution in [0.4, 0.5) is 11.4 Å². The molecule has 0 aliphatic heterocycles. The lowest BCUT2D eigenvalue weighted by atomic mass is 10.1. The minimum atomic E-state index is -4.51. The van der Waals surface area contributed by atoms with Crippen molar-refractivity contribution in [1.82, 2.24) is 10.2 Å². The largest absolute Gasteiger partial charge is 0.497 e. The molecule has 1 atom stereocenters. The molecule has 3 aromatic carbocycles. The zero-order valence-electron chi connectivity index (χ0n) is 24.7. The quantitative estimate of drug-likeness (QED) is 0.211. The highest BCUT2D eigenvalue weighted by Crippen LogP contribution is 2.30. The number of rotatable bonds is 12. The smallest absolute Gasteiger partial charge is 0.273 e. The first-order valence-corrected chi connectivity index (χ1v) is 16.0. The average molecular weight is 643 g/mol. The molecule has 1 N–H and O–H groups in total. The third-order valence-corrected chi connectivity index (χ3v) is 9.91. The number of aryl methyl sites for hydroxylation is 1. The van der Waals surface area contributed by atoms with Gasteiger partial charge in [0.25, 0.3) is 15.7 Å². The highest BCUT2D eigenvalue weighted by Gasteiger charge is 2.34. The predicted octanol–water partition coefficient (Wildman–Crippen LogP) is 5.24. The second-order valence-corrected chi connectivity index (χ2v) is 13.0. The fourth-order valence-electron chi connectivity index (χ4n) is 5.14. The summed E-state index contributed by atoms with van der Waals surface area (Å²) in [7, 11) is -3.05. The molecule has 1 aliphatic rings. The first kappa shape index (κ1) is 32.7. The average Bonchev–Trinajstić information content (AvgIpc) is 3.52. The Hall–Kier alpha value is -4.16. The molecule has 13 heteroatoms. The van der Waals surface area contributed by atoms with Crippen LogP contribution in [0.1, 0.15) is 43.7 Å². The Bertz CT molecular complexity index is 1630. The van der Waals surface area contributed by atoms with Gasteiger partial charge < -0.3 is 15.0 Å². The number of halogens is 1. The van der Waals surface area contributed by atoms with E-state index in [9.17, 15) is 28.1 Å². The highest BCUT2D eigenvalue weighted by molar-refractivity contribution is 7.92. The lowest BCUT2D eigenvalue weighted by molar-refractivity contribution is -0.385. The molecule has 0 spiro atoms. The van der Waals surface area contributed by atoms with Crippen molar-refractivity contribution in [2.75, 3.05) is 18.0 Å². The number of ether oxygens (including phenoxy) is 1. The number of methoxy groups -OCH3 is 1. The van der Waals surface area contributed by atoms with E-state index in [0.29, 0.717) is 16.3 Å². The third kappa shape index (κ3) is 7.48. The fraction of sp³-hybridized carbons (Fsp3) is 0.355. The van der Waals surface area contributed by atoms with Crippen molar-refractivity contribution in [3.63, 3.8) is 0 Å². The summed E-state index contributed by atoms with van der Waals surface area (Å²) in [6.45, 7) is 2.35. The van der Waals surface area contributed by atoms with Crippen LogP contribution in [0.25, 0.3) is 0 Å². The number of nitro groups is 1. The molecule has 1 saturated carbocycles. The standard InChI is InChI=1S/C31H35ClN4O7S/c1-21-12-17-27(18-29(21)36(39)40)44(41,42)35(25-13-15-26(43-3)16-14-25)20-30(37)34(19-23-8-4-7-11-28(23)32)22(2)31(38)33-24-9-5-6-10-24/h4,7-8,11-18,22,24H,5-6,9-10,19-20H2,1-3H3,(H,33,38)/t22-/m0/s1. The summed E-state index contributed by atoms with van der Waals surface area (Å²) in [6.07, 6.45) is 3.72. The summed E-state index contributed by atoms with van der Waals surface area (Å²) in [5.74, 6) is -0.564. The lowest BCUT2D eigenvalue weighted by Crippen LogP contribution is -2.52. The summed E-state index contributed by atoms with van der Waals surface area (Å²) in [5.41, 5.74) is 0.623. The number of nitro benzene ring substituents is 1. The SMILES string of the molecule is COc1ccc(N(CC(=O)N(Cc2ccccc2Cl)[C@@H](C)C(=O)NC2CCCC2)S(=O)(=O)c2ccc(C)c([N+](=O)[O-])c2)cc1. The van der Waals surface area contributed by atoms with Crippen molar-refractivity contribution in [2.24, 2.45) is 0 Å². The van der Waals surface area contributed by atoms with Gasteiger partial charge in [-0.25, -0.2) is 8.42 Å². The second kappa shape index (κ2) is 14.1. The number of nitrogens with one attached hydrogen (secondary N) is 1. The second-order valence-electron chi connectivity index (χ2n) is 10.7. The van der Waals surface area contributed by atoms with E-state index in [2.05, 4.69) is 5.32 Å². The normalized spacial score (nSPS) is 14.1. The van der Waals surface area contributed by atoms with Crippen molar-refractivity contribution >= 4 is 44.8 Å². The summed E-state index contributed by atoms with van der Waals surface area (Å²) in [5, 5.41) is 15.0. The van der Waals surface area contributed by atoms with E-state index in [0.717, 1.165) is 36.1 Å². The van der Waals surface area contributed by atoms with Gasteiger partial charge in [0.1, 0.15) is 18.3 Å². The minimum Gasteiger partial charge on any atom is -0.497 e. The van der Waals surface area contributed by atoms with E-state index < -0.39 is 33.4 Å². The van der Waals surface area contributed by atoms with Crippen LogP contribution in [0.2, 0.25) is 5.02 Å². The maximum Gasteiger partial charge on any atom is 0.273 e. The molecule has 4 rings (SSSR count). The Morgan fingerprint density at radius 1 is 1.09 bits per heavy atom. The minimum absolute atomic E-state index is 0.00992. The van der Waals surface area contributed by atoms with Crippen LogP contribution < -0.4 is 14.4 Å². The maximum atomic E-state index is 14.1. The van der Waals surface area contributed by atoms with Gasteiger partial charge in [0.2, 0.25) is 11.8 Å². The molecule has 11 nitrogen and oxygen atoms in total. The van der Waals surface area contributed by atoms with Crippen LogP contribution in [0.3, 0.4) is 0 Å². The topological polar surface area (TPSA) is 139 Å². The number of sulfonamides is 1. The van der Waals surface area contributed by atoms with Gasteiger partial charge in [-0.2, -0.15) is 0 Å². The Morgan fingerprint density at radius 2 is 1.75 bits per heavy atom. The van der Waals surface area contributed by atoms with Gasteiger partial charge in [-0.05, 0) is 68.7 Å². The number of benzene rings is 3. The lowest BCUT2D eigenvalue weighted by Gasteiger charge is -2.32. The molecule has 0 bridgehead atoms. The monoisotopic (exact) mass is 642 g/mol. The number of amides is 2. The predicted molar refractivity (Wildman–Crippen MR) is 167 cm³/mol. The number of nitrogens with zero attached hydrogens (tertiary/aromatic N) is 3. The zero-order valence-corrected chi connectivity index (χ0v) is 26.3. The van der Waals surface area contributed by atoms with Crippen LogP contribution >= 0.6 is 11.6 Å². The van der Waals surface area contributed by atoms with Crippen LogP contribution in [0, 0.1) is 17.0 Å². The molecule has 2 amide bonds. The van der Waals surface area contributed by atoms with Crippen molar-refractivity contribution < 1.29 is 27.7 Å². The Balaban J connectivity index is 1.74. The molecule has 1 fully saturated rings. The summed E-state index contributed by atoms with van der Waals surface area (Å²) >= 11 is 6.42. The number of carbonyl (C=O) groups excluding carboxylic acids is 2. The number of hydrogen-bond acceptors (Lipinski definition) is 7. The van der Waals surface area contributed by atoms with Crippen LogP contribution in [-0.4, -0.2) is 55.8 Å². The first-order chi connectivity index (χ1) is 20.9. The van der Waals surface area contributed by atoms with Crippen molar-refractivity contribution in [3.8, 4) is 5.75 Å². The van der Waals surface area contributed by atoms with Crippen LogP contribution in [0.5, 0.6) is 5.75 Å². The van der Waals surface area contributed by atoms with E-state index in [-0.39, 0.29) is 40.3 Å². The van der Waals surface area contributed by atoms with Gasteiger partial charge in [-0.3, -0.25) is 24.0 Å². The van der Waals surface area contributed by atoms with Crippen molar-refractivity contribution in [2.45, 2.75) is 63.1 Å². The molecule has 234 valence electrons. The molecule has 44 heavy (non-hydrogen) atoms. The van der Waals surface area contributed by atoms with Crippen LogP contribution in [0.15, 0.2) is 71.6 Å². The van der Waals surface area contributed by atoms with Gasteiger partial charge in [0.05, 0.1) is 22.6 Å².